The molecule has 0 fully saturated rings. The highest BCUT2D eigenvalue weighted by molar-refractivity contribution is 9.10. The maximum absolute atomic E-state index is 11.7. The van der Waals surface area contributed by atoms with Gasteiger partial charge in [-0.3, -0.25) is 9.59 Å². The van der Waals surface area contributed by atoms with Crippen molar-refractivity contribution in [1.29, 1.82) is 0 Å². The molecule has 6 nitrogen and oxygen atoms in total. The Morgan fingerprint density at radius 3 is 2.60 bits per heavy atom. The molecule has 0 unspecified atom stereocenters. The first-order valence-electron chi connectivity index (χ1n) is 5.93. The highest BCUT2D eigenvalue weighted by Gasteiger charge is 2.21. The Hall–Kier alpha value is -1.89. The van der Waals surface area contributed by atoms with Crippen molar-refractivity contribution in [2.24, 2.45) is 5.73 Å². The minimum Gasteiger partial charge on any atom is -0.480 e. The highest BCUT2D eigenvalue weighted by Crippen LogP contribution is 2.13. The summed E-state index contributed by atoms with van der Waals surface area (Å²) in [6, 6.07) is 6.20. The van der Waals surface area contributed by atoms with Crippen LogP contribution in [0.1, 0.15) is 18.4 Å². The molecule has 1 aromatic carbocycles. The van der Waals surface area contributed by atoms with Gasteiger partial charge in [-0.2, -0.15) is 0 Å². The Morgan fingerprint density at radius 1 is 1.35 bits per heavy atom. The molecule has 0 saturated carbocycles. The first-order chi connectivity index (χ1) is 9.38. The van der Waals surface area contributed by atoms with E-state index in [4.69, 9.17) is 10.8 Å². The van der Waals surface area contributed by atoms with Gasteiger partial charge in [-0.1, -0.05) is 28.1 Å². The maximum atomic E-state index is 11.7. The third kappa shape index (κ3) is 5.83. The minimum atomic E-state index is -1.28. The second kappa shape index (κ2) is 7.64. The Balaban J connectivity index is 2.49. The van der Waals surface area contributed by atoms with Gasteiger partial charge in [0, 0.05) is 10.9 Å². The van der Waals surface area contributed by atoms with Gasteiger partial charge in [0.05, 0.1) is 6.42 Å². The Morgan fingerprint density at radius 2 is 2.05 bits per heavy atom. The number of primary amides is 1. The molecule has 1 rings (SSSR count). The normalized spacial score (nSPS) is 11.7. The van der Waals surface area contributed by atoms with E-state index in [0.29, 0.717) is 6.42 Å². The fraction of sp³-hybridized carbons (Fsp3) is 0.308. The van der Waals surface area contributed by atoms with E-state index in [0.717, 1.165) is 10.0 Å². The average Bonchev–Trinajstić information content (AvgIpc) is 2.35. The Kier molecular flexibility index (Phi) is 6.17. The Labute approximate surface area is 124 Å². The van der Waals surface area contributed by atoms with Crippen LogP contribution in [-0.4, -0.2) is 28.9 Å². The van der Waals surface area contributed by atoms with E-state index < -0.39 is 30.2 Å². The summed E-state index contributed by atoms with van der Waals surface area (Å²) in [6.07, 6.45) is 0.200. The predicted octanol–water partition coefficient (Wildman–Crippen LogP) is 0.826. The van der Waals surface area contributed by atoms with Crippen molar-refractivity contribution in [2.45, 2.75) is 25.3 Å². The van der Waals surface area contributed by atoms with Crippen LogP contribution in [0.3, 0.4) is 0 Å². The van der Waals surface area contributed by atoms with Crippen LogP contribution in [0.4, 0.5) is 0 Å². The van der Waals surface area contributed by atoms with Crippen LogP contribution in [0, 0.1) is 0 Å². The number of carbonyl (C=O) groups is 3. The number of nitrogens with one attached hydrogen (secondary N) is 1. The molecule has 20 heavy (non-hydrogen) atoms. The number of nitrogens with two attached hydrogens (primary N) is 1. The number of rotatable bonds is 7. The third-order valence-corrected chi connectivity index (χ3v) is 3.06. The van der Waals surface area contributed by atoms with Gasteiger partial charge in [-0.05, 0) is 24.1 Å². The van der Waals surface area contributed by atoms with Gasteiger partial charge >= 0.3 is 5.97 Å². The zero-order chi connectivity index (χ0) is 15.1. The highest BCUT2D eigenvalue weighted by atomic mass is 79.9. The number of hydrogen-bond acceptors (Lipinski definition) is 3. The number of amides is 2. The van der Waals surface area contributed by atoms with Crippen LogP contribution in [0.15, 0.2) is 28.7 Å². The van der Waals surface area contributed by atoms with E-state index in [1.54, 1.807) is 0 Å². The third-order valence-electron chi connectivity index (χ3n) is 2.57. The van der Waals surface area contributed by atoms with Gasteiger partial charge in [0.1, 0.15) is 6.04 Å². The smallest absolute Gasteiger partial charge is 0.326 e. The fourth-order valence-electron chi connectivity index (χ4n) is 1.62. The molecule has 108 valence electrons. The standard InChI is InChI=1S/C13H15BrN2O4/c14-9-3-1-2-8(6-9)4-5-12(18)16-10(13(19)20)7-11(15)17/h1-3,6,10H,4-5,7H2,(H2,15,17)(H,16,18)(H,19,20)/t10-/m1/s1. The van der Waals surface area contributed by atoms with Crippen molar-refractivity contribution in [3.8, 4) is 0 Å². The van der Waals surface area contributed by atoms with Crippen molar-refractivity contribution in [3.63, 3.8) is 0 Å². The monoisotopic (exact) mass is 342 g/mol. The average molecular weight is 343 g/mol. The summed E-state index contributed by atoms with van der Waals surface area (Å²) in [7, 11) is 0. The number of carboxylic acids is 1. The summed E-state index contributed by atoms with van der Waals surface area (Å²) in [5.41, 5.74) is 5.88. The van der Waals surface area contributed by atoms with Crippen LogP contribution >= 0.6 is 15.9 Å². The van der Waals surface area contributed by atoms with Gasteiger partial charge in [-0.25, -0.2) is 4.79 Å². The second-order valence-electron chi connectivity index (χ2n) is 4.26. The van der Waals surface area contributed by atoms with Gasteiger partial charge in [-0.15, -0.1) is 0 Å². The van der Waals surface area contributed by atoms with Crippen molar-refractivity contribution < 1.29 is 19.5 Å². The summed E-state index contributed by atoms with van der Waals surface area (Å²) in [6.45, 7) is 0. The lowest BCUT2D eigenvalue weighted by molar-refractivity contribution is -0.143. The molecule has 4 N–H and O–H groups in total. The lowest BCUT2D eigenvalue weighted by Gasteiger charge is -2.12. The zero-order valence-corrected chi connectivity index (χ0v) is 12.2. The summed E-state index contributed by atoms with van der Waals surface area (Å²) in [5, 5.41) is 11.1. The van der Waals surface area contributed by atoms with E-state index in [2.05, 4.69) is 21.2 Å². The molecule has 7 heteroatoms. The van der Waals surface area contributed by atoms with E-state index in [1.807, 2.05) is 24.3 Å². The molecule has 0 aliphatic heterocycles. The summed E-state index contributed by atoms with van der Waals surface area (Å²) in [5.74, 6) is -2.48. The molecule has 0 aliphatic carbocycles. The minimum absolute atomic E-state index is 0.138. The first-order valence-corrected chi connectivity index (χ1v) is 6.72. The van der Waals surface area contributed by atoms with E-state index in [1.165, 1.54) is 0 Å². The molecule has 0 aromatic heterocycles. The second-order valence-corrected chi connectivity index (χ2v) is 5.17. The Bertz CT molecular complexity index is 519. The zero-order valence-electron chi connectivity index (χ0n) is 10.6. The van der Waals surface area contributed by atoms with Crippen LogP contribution in [0.5, 0.6) is 0 Å². The lowest BCUT2D eigenvalue weighted by atomic mass is 10.1. The molecule has 0 radical (unpaired) electrons. The molecule has 1 aromatic rings. The maximum Gasteiger partial charge on any atom is 0.326 e. The number of hydrogen-bond donors (Lipinski definition) is 3. The SMILES string of the molecule is NC(=O)C[C@@H](NC(=O)CCc1cccc(Br)c1)C(=O)O. The van der Waals surface area contributed by atoms with E-state index in [-0.39, 0.29) is 6.42 Å². The van der Waals surface area contributed by atoms with Gasteiger partial charge < -0.3 is 16.2 Å². The van der Waals surface area contributed by atoms with Crippen molar-refractivity contribution in [3.05, 3.63) is 34.3 Å². The largest absolute Gasteiger partial charge is 0.480 e. The van der Waals surface area contributed by atoms with Gasteiger partial charge in [0.15, 0.2) is 0 Å². The number of benzene rings is 1. The summed E-state index contributed by atoms with van der Waals surface area (Å²) in [4.78, 5) is 33.2. The van der Waals surface area contributed by atoms with E-state index in [9.17, 15) is 14.4 Å². The number of aryl methyl sites for hydroxylation is 1. The first kappa shape index (κ1) is 16.2. The molecule has 0 saturated heterocycles. The molecule has 0 spiro atoms. The fourth-order valence-corrected chi connectivity index (χ4v) is 2.06. The molecule has 1 atom stereocenters. The lowest BCUT2D eigenvalue weighted by Crippen LogP contribution is -2.43. The van der Waals surface area contributed by atoms with Crippen molar-refractivity contribution >= 4 is 33.7 Å². The number of carboxylic acid groups (broad SMARTS) is 1. The van der Waals surface area contributed by atoms with E-state index >= 15 is 0 Å². The molecule has 0 aliphatic rings. The van der Waals surface area contributed by atoms with Crippen LogP contribution in [-0.2, 0) is 20.8 Å². The molecule has 2 amide bonds. The summed E-state index contributed by atoms with van der Waals surface area (Å²) >= 11 is 3.33. The number of carbonyl (C=O) groups excluding carboxylic acids is 2. The quantitative estimate of drug-likeness (QED) is 0.681. The van der Waals surface area contributed by atoms with Crippen LogP contribution in [0.25, 0.3) is 0 Å². The van der Waals surface area contributed by atoms with Crippen molar-refractivity contribution in [2.75, 3.05) is 0 Å². The predicted molar refractivity (Wildman–Crippen MR) is 75.8 cm³/mol. The summed E-state index contributed by atoms with van der Waals surface area (Å²) < 4.78 is 0.910. The van der Waals surface area contributed by atoms with Crippen LogP contribution < -0.4 is 11.1 Å². The molecular formula is C13H15BrN2O4. The molecule has 0 heterocycles. The molecular weight excluding hydrogens is 328 g/mol. The topological polar surface area (TPSA) is 109 Å². The molecule has 0 bridgehead atoms. The van der Waals surface area contributed by atoms with Gasteiger partial charge in [0.25, 0.3) is 0 Å². The van der Waals surface area contributed by atoms with Crippen LogP contribution in [0.2, 0.25) is 0 Å². The number of halogens is 1. The van der Waals surface area contributed by atoms with Crippen molar-refractivity contribution in [1.82, 2.24) is 5.32 Å². The number of aliphatic carboxylic acids is 1. The van der Waals surface area contributed by atoms with Gasteiger partial charge in [0.2, 0.25) is 11.8 Å².